The second-order valence-electron chi connectivity index (χ2n) is 4.69. The van der Waals surface area contributed by atoms with Crippen molar-refractivity contribution in [3.8, 4) is 10.6 Å². The van der Waals surface area contributed by atoms with Crippen LogP contribution in [0.2, 0.25) is 0 Å². The Labute approximate surface area is 124 Å². The third-order valence-corrected chi connectivity index (χ3v) is 4.15. The van der Waals surface area contributed by atoms with E-state index in [-0.39, 0.29) is 0 Å². The zero-order valence-corrected chi connectivity index (χ0v) is 13.1. The minimum Gasteiger partial charge on any atom is -0.378 e. The van der Waals surface area contributed by atoms with E-state index in [0.717, 1.165) is 41.3 Å². The lowest BCUT2D eigenvalue weighted by atomic mass is 10.2. The first-order valence-electron chi connectivity index (χ1n) is 6.85. The maximum Gasteiger partial charge on any atom is 0.124 e. The molecular formula is C15H21N3OS. The minimum atomic E-state index is 0.559. The predicted molar refractivity (Wildman–Crippen MR) is 82.8 cm³/mol. The normalized spacial score (nSPS) is 10.9. The smallest absolute Gasteiger partial charge is 0.124 e. The number of hydrogen-bond donors (Lipinski definition) is 1. The lowest BCUT2D eigenvalue weighted by molar-refractivity contribution is 0.181. The Bertz CT molecular complexity index is 554. The van der Waals surface area contributed by atoms with E-state index in [1.165, 1.54) is 4.88 Å². The Kier molecular flexibility index (Phi) is 5.64. The van der Waals surface area contributed by atoms with Crippen molar-refractivity contribution in [1.82, 2.24) is 15.3 Å². The van der Waals surface area contributed by atoms with Gasteiger partial charge in [0.2, 0.25) is 0 Å². The second kappa shape index (κ2) is 7.47. The summed E-state index contributed by atoms with van der Waals surface area (Å²) in [6.07, 6.45) is 4.82. The van der Waals surface area contributed by atoms with Gasteiger partial charge in [0, 0.05) is 36.5 Å². The van der Waals surface area contributed by atoms with E-state index < -0.39 is 0 Å². The van der Waals surface area contributed by atoms with Gasteiger partial charge in [-0.25, -0.2) is 4.98 Å². The lowest BCUT2D eigenvalue weighted by Gasteiger charge is -2.02. The topological polar surface area (TPSA) is 47.0 Å². The number of nitrogens with one attached hydrogen (secondary N) is 1. The fraction of sp³-hybridized carbons (Fsp3) is 0.467. The number of hydrogen-bond acceptors (Lipinski definition) is 5. The van der Waals surface area contributed by atoms with Gasteiger partial charge in [-0.05, 0) is 31.5 Å². The van der Waals surface area contributed by atoms with Gasteiger partial charge in [0.25, 0.3) is 0 Å². The van der Waals surface area contributed by atoms with Crippen molar-refractivity contribution in [2.24, 2.45) is 0 Å². The summed E-state index contributed by atoms with van der Waals surface area (Å²) < 4.78 is 5.26. The van der Waals surface area contributed by atoms with Crippen LogP contribution in [0.3, 0.4) is 0 Å². The van der Waals surface area contributed by atoms with Crippen molar-refractivity contribution in [1.29, 1.82) is 0 Å². The summed E-state index contributed by atoms with van der Waals surface area (Å²) in [5, 5.41) is 4.48. The van der Waals surface area contributed by atoms with E-state index >= 15 is 0 Å². The van der Waals surface area contributed by atoms with Crippen molar-refractivity contribution in [2.45, 2.75) is 33.4 Å². The molecule has 0 saturated carbocycles. The first kappa shape index (κ1) is 15.1. The van der Waals surface area contributed by atoms with Crippen LogP contribution < -0.4 is 5.32 Å². The molecule has 0 fully saturated rings. The second-order valence-corrected chi connectivity index (χ2v) is 5.77. The van der Waals surface area contributed by atoms with Gasteiger partial charge in [-0.3, -0.25) is 4.98 Å². The van der Waals surface area contributed by atoms with E-state index in [2.05, 4.69) is 24.1 Å². The minimum absolute atomic E-state index is 0.559. The third-order valence-electron chi connectivity index (χ3n) is 3.02. The molecule has 0 amide bonds. The number of ether oxygens (including phenoxy) is 1. The van der Waals surface area contributed by atoms with Crippen LogP contribution in [0.1, 0.15) is 29.5 Å². The largest absolute Gasteiger partial charge is 0.378 e. The third kappa shape index (κ3) is 3.62. The number of methoxy groups -OCH3 is 1. The first-order chi connectivity index (χ1) is 9.76. The zero-order chi connectivity index (χ0) is 14.4. The van der Waals surface area contributed by atoms with Crippen LogP contribution in [-0.2, 0) is 17.9 Å². The fourth-order valence-corrected chi connectivity index (χ4v) is 3.10. The molecule has 2 heterocycles. The fourth-order valence-electron chi connectivity index (χ4n) is 1.98. The van der Waals surface area contributed by atoms with Gasteiger partial charge in [0.05, 0.1) is 12.3 Å². The lowest BCUT2D eigenvalue weighted by Crippen LogP contribution is -2.14. The summed E-state index contributed by atoms with van der Waals surface area (Å²) in [5.74, 6) is 0. The van der Waals surface area contributed by atoms with Crippen LogP contribution in [0, 0.1) is 6.92 Å². The van der Waals surface area contributed by atoms with Crippen LogP contribution in [0.15, 0.2) is 18.5 Å². The Morgan fingerprint density at radius 3 is 2.95 bits per heavy atom. The average Bonchev–Trinajstić information content (AvgIpc) is 2.83. The Hall–Kier alpha value is -1.30. The molecule has 20 heavy (non-hydrogen) atoms. The van der Waals surface area contributed by atoms with Crippen LogP contribution in [0.5, 0.6) is 0 Å². The van der Waals surface area contributed by atoms with Crippen LogP contribution in [0.25, 0.3) is 10.6 Å². The summed E-state index contributed by atoms with van der Waals surface area (Å²) in [6.45, 7) is 6.67. The van der Waals surface area contributed by atoms with Crippen molar-refractivity contribution >= 4 is 11.3 Å². The SMILES string of the molecule is CCCNCc1sc(-c2ccncc2C)nc1COC. The molecular weight excluding hydrogens is 270 g/mol. The van der Waals surface area contributed by atoms with Gasteiger partial charge in [-0.2, -0.15) is 0 Å². The van der Waals surface area contributed by atoms with Gasteiger partial charge in [-0.15, -0.1) is 11.3 Å². The highest BCUT2D eigenvalue weighted by atomic mass is 32.1. The first-order valence-corrected chi connectivity index (χ1v) is 7.67. The molecule has 2 aromatic rings. The number of aromatic nitrogens is 2. The molecule has 108 valence electrons. The maximum atomic E-state index is 5.26. The molecule has 0 aliphatic heterocycles. The Morgan fingerprint density at radius 1 is 1.40 bits per heavy atom. The number of rotatable bonds is 7. The number of pyridine rings is 1. The summed E-state index contributed by atoms with van der Waals surface area (Å²) in [7, 11) is 1.71. The van der Waals surface area contributed by atoms with Crippen molar-refractivity contribution < 1.29 is 4.74 Å². The van der Waals surface area contributed by atoms with Gasteiger partial charge < -0.3 is 10.1 Å². The quantitative estimate of drug-likeness (QED) is 0.796. The van der Waals surface area contributed by atoms with Gasteiger partial charge in [0.15, 0.2) is 0 Å². The van der Waals surface area contributed by atoms with E-state index in [1.54, 1.807) is 18.4 Å². The van der Waals surface area contributed by atoms with Crippen LogP contribution in [-0.4, -0.2) is 23.6 Å². The Balaban J connectivity index is 2.26. The van der Waals surface area contributed by atoms with Gasteiger partial charge >= 0.3 is 0 Å². The predicted octanol–water partition coefficient (Wildman–Crippen LogP) is 3.16. The molecule has 4 nitrogen and oxygen atoms in total. The molecule has 0 spiro atoms. The summed E-state index contributed by atoms with van der Waals surface area (Å²) in [6, 6.07) is 2.02. The van der Waals surface area contributed by atoms with Gasteiger partial charge in [-0.1, -0.05) is 6.92 Å². The van der Waals surface area contributed by atoms with Crippen molar-refractivity contribution in [3.63, 3.8) is 0 Å². The number of nitrogens with zero attached hydrogens (tertiary/aromatic N) is 2. The van der Waals surface area contributed by atoms with E-state index in [1.807, 2.05) is 18.5 Å². The summed E-state index contributed by atoms with van der Waals surface area (Å²) in [4.78, 5) is 10.1. The van der Waals surface area contributed by atoms with E-state index in [9.17, 15) is 0 Å². The van der Waals surface area contributed by atoms with E-state index in [4.69, 9.17) is 9.72 Å². The van der Waals surface area contributed by atoms with Crippen LogP contribution >= 0.6 is 11.3 Å². The molecule has 0 saturated heterocycles. The Morgan fingerprint density at radius 2 is 2.25 bits per heavy atom. The number of aryl methyl sites for hydroxylation is 1. The highest BCUT2D eigenvalue weighted by Gasteiger charge is 2.13. The molecule has 0 bridgehead atoms. The molecule has 5 heteroatoms. The summed E-state index contributed by atoms with van der Waals surface area (Å²) in [5.41, 5.74) is 3.34. The molecule has 0 aromatic carbocycles. The highest BCUT2D eigenvalue weighted by molar-refractivity contribution is 7.15. The molecule has 1 N–H and O–H groups in total. The maximum absolute atomic E-state index is 5.26. The molecule has 0 aliphatic rings. The molecule has 0 radical (unpaired) electrons. The molecule has 0 unspecified atom stereocenters. The van der Waals surface area contributed by atoms with Gasteiger partial charge in [0.1, 0.15) is 5.01 Å². The van der Waals surface area contributed by atoms with E-state index in [0.29, 0.717) is 6.61 Å². The van der Waals surface area contributed by atoms with Crippen molar-refractivity contribution in [3.05, 3.63) is 34.6 Å². The summed E-state index contributed by atoms with van der Waals surface area (Å²) >= 11 is 1.74. The van der Waals surface area contributed by atoms with Crippen molar-refractivity contribution in [2.75, 3.05) is 13.7 Å². The zero-order valence-electron chi connectivity index (χ0n) is 12.3. The molecule has 2 aromatic heterocycles. The standard InChI is InChI=1S/C15H21N3OS/c1-4-6-16-9-14-13(10-19-3)18-15(20-14)12-5-7-17-8-11(12)2/h5,7-8,16H,4,6,9-10H2,1-3H3. The number of thiazole rings is 1. The molecule has 0 aliphatic carbocycles. The van der Waals surface area contributed by atoms with Crippen LogP contribution in [0.4, 0.5) is 0 Å². The molecule has 2 rings (SSSR count). The monoisotopic (exact) mass is 291 g/mol. The molecule has 0 atom stereocenters. The average molecular weight is 291 g/mol. The highest BCUT2D eigenvalue weighted by Crippen LogP contribution is 2.30.